The number of nitrogens with zero attached hydrogens (tertiary/aromatic N) is 4. The third-order valence-corrected chi connectivity index (χ3v) is 6.74. The van der Waals surface area contributed by atoms with Gasteiger partial charge in [-0.15, -0.1) is 0 Å². The molecule has 2 aromatic carbocycles. The first kappa shape index (κ1) is 25.4. The second-order valence-corrected chi connectivity index (χ2v) is 9.36. The fourth-order valence-electron chi connectivity index (χ4n) is 5.04. The zero-order chi connectivity index (χ0) is 26.6. The molecule has 8 nitrogen and oxygen atoms in total. The number of benzene rings is 2. The van der Waals surface area contributed by atoms with Crippen molar-refractivity contribution in [1.82, 2.24) is 4.90 Å². The normalized spacial score (nSPS) is 20.1. The van der Waals surface area contributed by atoms with E-state index in [0.717, 1.165) is 5.56 Å². The molecule has 2 N–H and O–H groups in total. The summed E-state index contributed by atoms with van der Waals surface area (Å²) >= 11 is 0. The predicted octanol–water partition coefficient (Wildman–Crippen LogP) is 4.54. The van der Waals surface area contributed by atoms with E-state index >= 15 is 0 Å². The molecule has 0 unspecified atom stereocenters. The Kier molecular flexibility index (Phi) is 7.18. The first-order valence-electron chi connectivity index (χ1n) is 12.0. The van der Waals surface area contributed by atoms with E-state index in [9.17, 15) is 20.6 Å². The number of carbonyl (C=O) groups excluding carboxylic acids is 1. The van der Waals surface area contributed by atoms with Crippen LogP contribution in [0.1, 0.15) is 30.9 Å². The van der Waals surface area contributed by atoms with Crippen molar-refractivity contribution >= 4 is 6.09 Å². The first-order valence-corrected chi connectivity index (χ1v) is 12.0. The second-order valence-electron chi connectivity index (χ2n) is 9.36. The highest BCUT2D eigenvalue weighted by Gasteiger charge is 2.54. The quantitative estimate of drug-likeness (QED) is 0.646. The summed E-state index contributed by atoms with van der Waals surface area (Å²) in [5, 5.41) is 30.4. The van der Waals surface area contributed by atoms with E-state index in [1.54, 1.807) is 30.3 Å². The Balaban J connectivity index is 1.71. The van der Waals surface area contributed by atoms with Crippen LogP contribution in [0.5, 0.6) is 5.75 Å². The number of rotatable bonds is 5. The molecule has 2 aromatic rings. The molecule has 0 bridgehead atoms. The van der Waals surface area contributed by atoms with Gasteiger partial charge >= 0.3 is 6.09 Å². The monoisotopic (exact) mass is 493 g/mol. The van der Waals surface area contributed by atoms with Gasteiger partial charge in [0.1, 0.15) is 18.4 Å². The summed E-state index contributed by atoms with van der Waals surface area (Å²) in [5.41, 5.74) is 6.84. The molecule has 8 heteroatoms. The van der Waals surface area contributed by atoms with Crippen LogP contribution >= 0.6 is 0 Å². The van der Waals surface area contributed by atoms with E-state index in [2.05, 4.69) is 18.2 Å². The summed E-state index contributed by atoms with van der Waals surface area (Å²) in [6.45, 7) is 4.35. The van der Waals surface area contributed by atoms with Gasteiger partial charge in [-0.1, -0.05) is 48.5 Å². The van der Waals surface area contributed by atoms with Gasteiger partial charge in [0, 0.05) is 24.9 Å². The summed E-state index contributed by atoms with van der Waals surface area (Å²) in [4.78, 5) is 14.5. The number of nitrogens with two attached hydrogens (primary N) is 1. The van der Waals surface area contributed by atoms with Crippen molar-refractivity contribution in [3.8, 4) is 24.0 Å². The zero-order valence-electron chi connectivity index (χ0n) is 20.7. The van der Waals surface area contributed by atoms with Gasteiger partial charge in [-0.2, -0.15) is 15.8 Å². The average Bonchev–Trinajstić information content (AvgIpc) is 2.92. The van der Waals surface area contributed by atoms with Crippen LogP contribution in [0, 0.1) is 45.3 Å². The largest absolute Gasteiger partial charge is 0.491 e. The Morgan fingerprint density at radius 3 is 2.38 bits per heavy atom. The summed E-state index contributed by atoms with van der Waals surface area (Å²) in [6, 6.07) is 22.9. The molecule has 1 aliphatic carbocycles. The summed E-state index contributed by atoms with van der Waals surface area (Å²) in [7, 11) is 0. The molecule has 1 amide bonds. The predicted molar refractivity (Wildman–Crippen MR) is 135 cm³/mol. The van der Waals surface area contributed by atoms with E-state index in [1.165, 1.54) is 4.90 Å². The molecule has 2 aliphatic rings. The lowest BCUT2D eigenvalue weighted by atomic mass is 9.58. The van der Waals surface area contributed by atoms with Crippen LogP contribution in [0.4, 0.5) is 4.79 Å². The Bertz CT molecular complexity index is 1340. The molecule has 37 heavy (non-hydrogen) atoms. The minimum absolute atomic E-state index is 0.0158. The molecule has 0 spiro atoms. The van der Waals surface area contributed by atoms with E-state index in [1.807, 2.05) is 44.2 Å². The molecule has 2 atom stereocenters. The SMILES string of the molecule is CC(C)Oc1ccc([C@@H]2[C@H]3CN(C(=O)OCc4ccccc4)CC=C3C(C#N)=C(N)C2(C#N)C#N)cc1. The molecule has 4 rings (SSSR count). The van der Waals surface area contributed by atoms with E-state index in [0.29, 0.717) is 16.9 Å². The van der Waals surface area contributed by atoms with Crippen molar-refractivity contribution in [2.75, 3.05) is 13.1 Å². The van der Waals surface area contributed by atoms with Crippen LogP contribution < -0.4 is 10.5 Å². The molecular weight excluding hydrogens is 466 g/mol. The van der Waals surface area contributed by atoms with Crippen molar-refractivity contribution in [2.24, 2.45) is 17.1 Å². The number of nitriles is 3. The topological polar surface area (TPSA) is 136 Å². The number of allylic oxidation sites excluding steroid dienone is 2. The highest BCUT2D eigenvalue weighted by Crippen LogP contribution is 2.54. The Hall–Kier alpha value is -4.74. The second kappa shape index (κ2) is 10.5. The maximum absolute atomic E-state index is 13.0. The van der Waals surface area contributed by atoms with E-state index in [-0.39, 0.29) is 37.1 Å². The van der Waals surface area contributed by atoms with Crippen LogP contribution in [0.3, 0.4) is 0 Å². The lowest BCUT2D eigenvalue weighted by molar-refractivity contribution is 0.0898. The van der Waals surface area contributed by atoms with Crippen LogP contribution in [0.15, 0.2) is 77.5 Å². The molecule has 1 aliphatic heterocycles. The van der Waals surface area contributed by atoms with Crippen molar-refractivity contribution in [1.29, 1.82) is 15.8 Å². The number of hydrogen-bond donors (Lipinski definition) is 1. The van der Waals surface area contributed by atoms with Gasteiger partial charge in [0.25, 0.3) is 0 Å². The number of ether oxygens (including phenoxy) is 2. The van der Waals surface area contributed by atoms with Crippen molar-refractivity contribution < 1.29 is 14.3 Å². The van der Waals surface area contributed by atoms with Crippen molar-refractivity contribution in [2.45, 2.75) is 32.5 Å². The molecule has 186 valence electrons. The Morgan fingerprint density at radius 2 is 1.78 bits per heavy atom. The van der Waals surface area contributed by atoms with Gasteiger partial charge in [-0.25, -0.2) is 4.79 Å². The molecular formula is C29H27N5O3. The maximum Gasteiger partial charge on any atom is 0.410 e. The number of fused-ring (bicyclic) bond motifs is 1. The Labute approximate surface area is 216 Å². The van der Waals surface area contributed by atoms with E-state index < -0.39 is 23.3 Å². The lowest BCUT2D eigenvalue weighted by Crippen LogP contribution is -2.49. The van der Waals surface area contributed by atoms with Crippen LogP contribution in [-0.4, -0.2) is 30.2 Å². The molecule has 0 fully saturated rings. The molecule has 0 radical (unpaired) electrons. The fraction of sp³-hybridized carbons (Fsp3) is 0.310. The van der Waals surface area contributed by atoms with Gasteiger partial charge in [0.05, 0.1) is 29.5 Å². The Morgan fingerprint density at radius 1 is 1.11 bits per heavy atom. The van der Waals surface area contributed by atoms with Crippen LogP contribution in [0.2, 0.25) is 0 Å². The van der Waals surface area contributed by atoms with Crippen LogP contribution in [0.25, 0.3) is 0 Å². The number of amides is 1. The van der Waals surface area contributed by atoms with Gasteiger partial charge in [-0.3, -0.25) is 0 Å². The third kappa shape index (κ3) is 4.73. The highest BCUT2D eigenvalue weighted by molar-refractivity contribution is 5.69. The smallest absolute Gasteiger partial charge is 0.410 e. The summed E-state index contributed by atoms with van der Waals surface area (Å²) in [5.74, 6) is -0.583. The lowest BCUT2D eigenvalue weighted by Gasteiger charge is -2.45. The third-order valence-electron chi connectivity index (χ3n) is 6.74. The standard InChI is InChI=1S/C29H27N5O3/c1-19(2)37-22-10-8-21(9-11-22)26-25-15-34(28(35)36-16-20-6-4-3-5-7-20)13-12-23(25)24(14-30)27(33)29(26,17-31)18-32/h3-12,19,25-26H,13,15-16,33H2,1-2H3/t25-,26+/m0/s1. The summed E-state index contributed by atoms with van der Waals surface area (Å²) in [6.07, 6.45) is 1.24. The van der Waals surface area contributed by atoms with E-state index in [4.69, 9.17) is 15.2 Å². The molecule has 0 saturated heterocycles. The van der Waals surface area contributed by atoms with Gasteiger partial charge in [0.15, 0.2) is 5.41 Å². The highest BCUT2D eigenvalue weighted by atomic mass is 16.6. The van der Waals surface area contributed by atoms with Gasteiger partial charge in [0.2, 0.25) is 0 Å². The minimum Gasteiger partial charge on any atom is -0.491 e. The maximum atomic E-state index is 13.0. The number of carbonyl (C=O) groups is 1. The zero-order valence-corrected chi connectivity index (χ0v) is 20.7. The first-order chi connectivity index (χ1) is 17.8. The number of hydrogen-bond acceptors (Lipinski definition) is 7. The van der Waals surface area contributed by atoms with Crippen molar-refractivity contribution in [3.05, 3.63) is 88.6 Å². The summed E-state index contributed by atoms with van der Waals surface area (Å²) < 4.78 is 11.3. The molecule has 1 heterocycles. The van der Waals surface area contributed by atoms with Gasteiger partial charge in [-0.05, 0) is 42.7 Å². The minimum atomic E-state index is -1.79. The van der Waals surface area contributed by atoms with Crippen molar-refractivity contribution in [3.63, 3.8) is 0 Å². The molecule has 0 aromatic heterocycles. The fourth-order valence-corrected chi connectivity index (χ4v) is 5.04. The van der Waals surface area contributed by atoms with Crippen LogP contribution in [-0.2, 0) is 11.3 Å². The molecule has 0 saturated carbocycles. The average molecular weight is 494 g/mol. The van der Waals surface area contributed by atoms with Gasteiger partial charge < -0.3 is 20.1 Å².